The summed E-state index contributed by atoms with van der Waals surface area (Å²) in [6, 6.07) is 12.9. The molecule has 7 nitrogen and oxygen atoms in total. The van der Waals surface area contributed by atoms with Crippen LogP contribution in [-0.2, 0) is 6.54 Å². The molecule has 0 bridgehead atoms. The molecule has 2 aromatic carbocycles. The van der Waals surface area contributed by atoms with Crippen molar-refractivity contribution in [3.63, 3.8) is 0 Å². The Morgan fingerprint density at radius 2 is 1.43 bits per heavy atom. The highest BCUT2D eigenvalue weighted by molar-refractivity contribution is 5.85. The molecule has 2 aromatic rings. The molecule has 0 aliphatic heterocycles. The van der Waals surface area contributed by atoms with Crippen LogP contribution in [0.3, 0.4) is 0 Å². The molecule has 0 amide bonds. The van der Waals surface area contributed by atoms with Crippen LogP contribution < -0.4 is 5.32 Å². The fraction of sp³-hybridized carbons (Fsp3) is 0.0769. The van der Waals surface area contributed by atoms with Crippen molar-refractivity contribution in [3.05, 3.63) is 74.3 Å². The zero-order valence-electron chi connectivity index (χ0n) is 10.8. The Labute approximate surface area is 126 Å². The molecular formula is C13H12ClN3O4. The Kier molecular flexibility index (Phi) is 5.62. The predicted octanol–water partition coefficient (Wildman–Crippen LogP) is 3.54. The Hall–Kier alpha value is -2.67. The van der Waals surface area contributed by atoms with E-state index >= 15 is 0 Å². The SMILES string of the molecule is Cl.O=[N+]([O-])c1cc(NCc2ccccc2)cc([N+](=O)[O-])c1. The number of nitrogens with one attached hydrogen (secondary N) is 1. The van der Waals surface area contributed by atoms with Gasteiger partial charge in [-0.1, -0.05) is 30.3 Å². The molecule has 21 heavy (non-hydrogen) atoms. The number of nitrogens with zero attached hydrogens (tertiary/aromatic N) is 2. The van der Waals surface area contributed by atoms with Crippen LogP contribution in [0.2, 0.25) is 0 Å². The predicted molar refractivity (Wildman–Crippen MR) is 80.8 cm³/mol. The molecule has 2 rings (SSSR count). The van der Waals surface area contributed by atoms with Gasteiger partial charge in [0.15, 0.2) is 0 Å². The first-order chi connectivity index (χ1) is 9.56. The number of rotatable bonds is 5. The van der Waals surface area contributed by atoms with Crippen LogP contribution in [0.5, 0.6) is 0 Å². The molecule has 8 heteroatoms. The van der Waals surface area contributed by atoms with Crippen molar-refractivity contribution in [1.82, 2.24) is 0 Å². The largest absolute Gasteiger partial charge is 0.381 e. The molecule has 0 aromatic heterocycles. The van der Waals surface area contributed by atoms with E-state index in [0.717, 1.165) is 11.6 Å². The standard InChI is InChI=1S/C13H11N3O4.ClH/c17-15(18)12-6-11(7-13(8-12)16(19)20)14-9-10-4-2-1-3-5-10;/h1-8,14H,9H2;1H. The lowest BCUT2D eigenvalue weighted by Crippen LogP contribution is -2.01. The first-order valence-corrected chi connectivity index (χ1v) is 5.78. The monoisotopic (exact) mass is 309 g/mol. The minimum atomic E-state index is -0.652. The number of nitro benzene ring substituents is 2. The number of non-ortho nitro benzene ring substituents is 2. The van der Waals surface area contributed by atoms with Gasteiger partial charge in [0.05, 0.1) is 15.9 Å². The summed E-state index contributed by atoms with van der Waals surface area (Å²) in [5.41, 5.74) is 0.695. The average molecular weight is 310 g/mol. The second-order valence-electron chi connectivity index (χ2n) is 4.09. The van der Waals surface area contributed by atoms with Gasteiger partial charge in [-0.25, -0.2) is 0 Å². The molecule has 0 radical (unpaired) electrons. The topological polar surface area (TPSA) is 98.3 Å². The number of hydrogen-bond acceptors (Lipinski definition) is 5. The molecule has 0 aliphatic rings. The van der Waals surface area contributed by atoms with Gasteiger partial charge in [0.25, 0.3) is 11.4 Å². The van der Waals surface area contributed by atoms with E-state index in [1.807, 2.05) is 30.3 Å². The van der Waals surface area contributed by atoms with Gasteiger partial charge in [0, 0.05) is 24.4 Å². The summed E-state index contributed by atoms with van der Waals surface area (Å²) in [7, 11) is 0. The van der Waals surface area contributed by atoms with Crippen LogP contribution in [0.4, 0.5) is 17.1 Å². The second kappa shape index (κ2) is 7.20. The third-order valence-electron chi connectivity index (χ3n) is 2.66. The summed E-state index contributed by atoms with van der Waals surface area (Å²) < 4.78 is 0. The van der Waals surface area contributed by atoms with Crippen molar-refractivity contribution in [3.8, 4) is 0 Å². The molecule has 0 fully saturated rings. The van der Waals surface area contributed by atoms with Crippen molar-refractivity contribution in [2.75, 3.05) is 5.32 Å². The molecule has 0 spiro atoms. The van der Waals surface area contributed by atoms with E-state index in [4.69, 9.17) is 0 Å². The Balaban J connectivity index is 0.00000220. The number of anilines is 1. The van der Waals surface area contributed by atoms with Gasteiger partial charge in [-0.15, -0.1) is 12.4 Å². The summed E-state index contributed by atoms with van der Waals surface area (Å²) in [5.74, 6) is 0. The maximum atomic E-state index is 10.8. The smallest absolute Gasteiger partial charge is 0.278 e. The first kappa shape index (κ1) is 16.4. The van der Waals surface area contributed by atoms with Gasteiger partial charge >= 0.3 is 0 Å². The van der Waals surface area contributed by atoms with Gasteiger partial charge < -0.3 is 5.32 Å². The van der Waals surface area contributed by atoms with Crippen LogP contribution in [0, 0.1) is 20.2 Å². The van der Waals surface area contributed by atoms with Crippen molar-refractivity contribution in [2.24, 2.45) is 0 Å². The summed E-state index contributed by atoms with van der Waals surface area (Å²) >= 11 is 0. The van der Waals surface area contributed by atoms with E-state index in [2.05, 4.69) is 5.32 Å². The molecule has 0 saturated carbocycles. The number of benzene rings is 2. The molecule has 0 unspecified atom stereocenters. The van der Waals surface area contributed by atoms with Gasteiger partial charge in [0.1, 0.15) is 0 Å². The van der Waals surface area contributed by atoms with Crippen LogP contribution in [0.15, 0.2) is 48.5 Å². The normalized spacial score (nSPS) is 9.52. The van der Waals surface area contributed by atoms with Crippen molar-refractivity contribution in [1.29, 1.82) is 0 Å². The molecule has 0 heterocycles. The lowest BCUT2D eigenvalue weighted by atomic mass is 10.2. The molecule has 110 valence electrons. The van der Waals surface area contributed by atoms with Gasteiger partial charge in [-0.05, 0) is 5.56 Å². The highest BCUT2D eigenvalue weighted by Crippen LogP contribution is 2.26. The Morgan fingerprint density at radius 1 is 0.905 bits per heavy atom. The third-order valence-corrected chi connectivity index (χ3v) is 2.66. The van der Waals surface area contributed by atoms with E-state index in [1.165, 1.54) is 12.1 Å². The van der Waals surface area contributed by atoms with E-state index in [0.29, 0.717) is 12.2 Å². The van der Waals surface area contributed by atoms with Crippen LogP contribution in [0.25, 0.3) is 0 Å². The van der Waals surface area contributed by atoms with Crippen LogP contribution in [-0.4, -0.2) is 9.85 Å². The van der Waals surface area contributed by atoms with Crippen molar-refractivity contribution < 1.29 is 9.85 Å². The van der Waals surface area contributed by atoms with E-state index < -0.39 is 9.85 Å². The minimum Gasteiger partial charge on any atom is -0.381 e. The molecular weight excluding hydrogens is 298 g/mol. The van der Waals surface area contributed by atoms with Gasteiger partial charge in [0.2, 0.25) is 0 Å². The molecule has 0 atom stereocenters. The maximum Gasteiger partial charge on any atom is 0.278 e. The lowest BCUT2D eigenvalue weighted by Gasteiger charge is -2.06. The number of nitro groups is 2. The Bertz CT molecular complexity index is 617. The summed E-state index contributed by atoms with van der Waals surface area (Å²) in [4.78, 5) is 20.2. The molecule has 0 saturated heterocycles. The maximum absolute atomic E-state index is 10.8. The second-order valence-corrected chi connectivity index (χ2v) is 4.09. The first-order valence-electron chi connectivity index (χ1n) is 5.78. The fourth-order valence-electron chi connectivity index (χ4n) is 1.71. The average Bonchev–Trinajstić information content (AvgIpc) is 2.45. The van der Waals surface area contributed by atoms with E-state index in [-0.39, 0.29) is 23.8 Å². The fourth-order valence-corrected chi connectivity index (χ4v) is 1.71. The minimum absolute atomic E-state index is 0. The van der Waals surface area contributed by atoms with E-state index in [1.54, 1.807) is 0 Å². The summed E-state index contributed by atoms with van der Waals surface area (Å²) in [6.45, 7) is 0.430. The van der Waals surface area contributed by atoms with Crippen molar-refractivity contribution >= 4 is 29.5 Å². The molecule has 0 aliphatic carbocycles. The number of hydrogen-bond donors (Lipinski definition) is 1. The zero-order chi connectivity index (χ0) is 14.5. The quantitative estimate of drug-likeness (QED) is 0.672. The highest BCUT2D eigenvalue weighted by atomic mass is 35.5. The zero-order valence-corrected chi connectivity index (χ0v) is 11.6. The number of halogens is 1. The van der Waals surface area contributed by atoms with Crippen LogP contribution >= 0.6 is 12.4 Å². The van der Waals surface area contributed by atoms with Gasteiger partial charge in [-0.3, -0.25) is 20.2 Å². The van der Waals surface area contributed by atoms with Crippen LogP contribution in [0.1, 0.15) is 5.56 Å². The third kappa shape index (κ3) is 4.43. The van der Waals surface area contributed by atoms with Crippen molar-refractivity contribution in [2.45, 2.75) is 6.54 Å². The molecule has 1 N–H and O–H groups in total. The lowest BCUT2D eigenvalue weighted by molar-refractivity contribution is -0.394. The summed E-state index contributed by atoms with van der Waals surface area (Å²) in [5, 5.41) is 24.5. The van der Waals surface area contributed by atoms with Gasteiger partial charge in [-0.2, -0.15) is 0 Å². The Morgan fingerprint density at radius 3 is 1.90 bits per heavy atom. The highest BCUT2D eigenvalue weighted by Gasteiger charge is 2.16. The van der Waals surface area contributed by atoms with E-state index in [9.17, 15) is 20.2 Å². The summed E-state index contributed by atoms with van der Waals surface area (Å²) in [6.07, 6.45) is 0.